The van der Waals surface area contributed by atoms with Crippen molar-refractivity contribution in [2.45, 2.75) is 25.4 Å². The van der Waals surface area contributed by atoms with Crippen LogP contribution in [0.4, 0.5) is 0 Å². The Bertz CT molecular complexity index is 491. The van der Waals surface area contributed by atoms with E-state index in [1.807, 2.05) is 0 Å². The van der Waals surface area contributed by atoms with Crippen LogP contribution in [0.1, 0.15) is 22.2 Å². The summed E-state index contributed by atoms with van der Waals surface area (Å²) in [7, 11) is -17.0. The van der Waals surface area contributed by atoms with Gasteiger partial charge in [-0.1, -0.05) is 0 Å². The molecular formula is C8H22NaO11P3. The zero-order chi connectivity index (χ0) is 17.8. The molecule has 0 aromatic carbocycles. The molecule has 0 spiro atoms. The molecule has 0 aromatic rings. The first-order valence-corrected chi connectivity index (χ1v) is 10.8. The van der Waals surface area contributed by atoms with E-state index in [1.54, 1.807) is 0 Å². The molecule has 0 amide bonds. The normalized spacial score (nSPS) is 21.8. The van der Waals surface area contributed by atoms with Crippen LogP contribution in [0.15, 0.2) is 0 Å². The Morgan fingerprint density at radius 2 is 1.09 bits per heavy atom. The second-order valence-electron chi connectivity index (χ2n) is 3.76. The van der Waals surface area contributed by atoms with Gasteiger partial charge in [-0.3, -0.25) is 13.7 Å². The fourth-order valence-corrected chi connectivity index (χ4v) is 8.82. The van der Waals surface area contributed by atoms with Crippen LogP contribution in [0.2, 0.25) is 0 Å². The molecule has 15 heteroatoms. The number of aliphatic carboxylic acids is 1. The van der Waals surface area contributed by atoms with Gasteiger partial charge in [0.1, 0.15) is 0 Å². The summed E-state index contributed by atoms with van der Waals surface area (Å²) in [6, 6.07) is 0. The SMILES string of the molecule is CCOP(=O)(O)C(C(=O)O)(P(=O)(O)OCC)P(=O)(O)OCC.[HH].[NaH]. The molecule has 0 aromatic heterocycles. The maximum absolute atomic E-state index is 12.2. The summed E-state index contributed by atoms with van der Waals surface area (Å²) in [5, 5.41) is 9.27. The summed E-state index contributed by atoms with van der Waals surface area (Å²) in [6.45, 7) is 1.84. The molecule has 23 heavy (non-hydrogen) atoms. The monoisotopic (exact) mass is 410 g/mol. The van der Waals surface area contributed by atoms with E-state index in [0.717, 1.165) is 0 Å². The van der Waals surface area contributed by atoms with Crippen molar-refractivity contribution >= 4 is 58.3 Å². The Morgan fingerprint density at radius 3 is 1.22 bits per heavy atom. The molecule has 0 bridgehead atoms. The first kappa shape index (κ1) is 26.2. The molecule has 0 saturated carbocycles. The fraction of sp³-hybridized carbons (Fsp3) is 0.875. The summed E-state index contributed by atoms with van der Waals surface area (Å²) in [5.41, 5.74) is 0. The molecule has 136 valence electrons. The molecule has 3 atom stereocenters. The molecule has 0 fully saturated rings. The van der Waals surface area contributed by atoms with Gasteiger partial charge in [0.05, 0.1) is 19.8 Å². The number of rotatable bonds is 10. The van der Waals surface area contributed by atoms with Crippen molar-refractivity contribution < 1.29 is 53.3 Å². The Hall–Kier alpha value is 0.920. The number of hydrogen-bond donors (Lipinski definition) is 4. The quantitative estimate of drug-likeness (QED) is 0.298. The van der Waals surface area contributed by atoms with Crippen LogP contribution in [0.5, 0.6) is 0 Å². The maximum atomic E-state index is 12.2. The van der Waals surface area contributed by atoms with Crippen molar-refractivity contribution in [3.05, 3.63) is 0 Å². The van der Waals surface area contributed by atoms with Gasteiger partial charge in [0.2, 0.25) is 0 Å². The molecule has 0 rings (SSSR count). The van der Waals surface area contributed by atoms with Gasteiger partial charge in [0, 0.05) is 1.43 Å². The Labute approximate surface area is 156 Å². The standard InChI is InChI=1S/C8H19O11P3.Na.H2.H/c1-4-17-20(11,12)8(7(9)10,21(13,14)18-5-2)22(15,16)19-6-3;;;/h4-6H2,1-3H3,(H,9,10)(H,11,12)(H,13,14)(H,15,16);;1H;. The first-order valence-electron chi connectivity index (χ1n) is 6.03. The number of hydrogen-bond acceptors (Lipinski definition) is 7. The van der Waals surface area contributed by atoms with Crippen molar-refractivity contribution in [3.8, 4) is 0 Å². The van der Waals surface area contributed by atoms with E-state index in [9.17, 15) is 38.3 Å². The summed E-state index contributed by atoms with van der Waals surface area (Å²) in [6.07, 6.45) is 0. The Morgan fingerprint density at radius 1 is 0.870 bits per heavy atom. The predicted octanol–water partition coefficient (Wildman–Crippen LogP) is 0.988. The Kier molecular flexibility index (Phi) is 10.9. The van der Waals surface area contributed by atoms with Gasteiger partial charge in [-0.2, -0.15) is 0 Å². The van der Waals surface area contributed by atoms with E-state index < -0.39 is 53.2 Å². The van der Waals surface area contributed by atoms with E-state index in [4.69, 9.17) is 0 Å². The molecule has 0 aliphatic rings. The van der Waals surface area contributed by atoms with Crippen LogP contribution in [0.25, 0.3) is 0 Å². The number of carboxylic acids is 1. The molecule has 0 aliphatic carbocycles. The summed E-state index contributed by atoms with van der Waals surface area (Å²) in [5.74, 6) is -2.52. The zero-order valence-electron chi connectivity index (χ0n) is 12.1. The molecule has 4 N–H and O–H groups in total. The second-order valence-corrected chi connectivity index (χ2v) is 10.7. The van der Waals surface area contributed by atoms with E-state index in [1.165, 1.54) is 20.8 Å². The predicted molar refractivity (Wildman–Crippen MR) is 84.0 cm³/mol. The van der Waals surface area contributed by atoms with Gasteiger partial charge in [-0.15, -0.1) is 0 Å². The first-order chi connectivity index (χ1) is 9.88. The van der Waals surface area contributed by atoms with Gasteiger partial charge < -0.3 is 33.4 Å². The van der Waals surface area contributed by atoms with Crippen molar-refractivity contribution in [2.75, 3.05) is 19.8 Å². The van der Waals surface area contributed by atoms with Crippen molar-refractivity contribution in [1.82, 2.24) is 0 Å². The topological polar surface area (TPSA) is 177 Å². The summed E-state index contributed by atoms with van der Waals surface area (Å²) < 4.78 is 45.7. The van der Waals surface area contributed by atoms with Crippen LogP contribution in [0.3, 0.4) is 0 Å². The van der Waals surface area contributed by atoms with Gasteiger partial charge >= 0.3 is 63.0 Å². The molecular weight excluding hydrogens is 388 g/mol. The summed E-state index contributed by atoms with van der Waals surface area (Å²) >= 11 is 0. The zero-order valence-corrected chi connectivity index (χ0v) is 14.8. The van der Waals surface area contributed by atoms with Gasteiger partial charge in [0.15, 0.2) is 0 Å². The molecule has 0 heterocycles. The van der Waals surface area contributed by atoms with E-state index in [2.05, 4.69) is 13.6 Å². The Balaban J connectivity index is -0.00000220. The van der Waals surface area contributed by atoms with Gasteiger partial charge in [0.25, 0.3) is 0 Å². The van der Waals surface area contributed by atoms with Crippen molar-refractivity contribution in [2.24, 2.45) is 0 Å². The molecule has 0 saturated heterocycles. The van der Waals surface area contributed by atoms with Gasteiger partial charge in [-0.25, -0.2) is 4.79 Å². The van der Waals surface area contributed by atoms with Gasteiger partial charge in [-0.05, 0) is 20.8 Å². The third-order valence-corrected chi connectivity index (χ3v) is 11.7. The average Bonchev–Trinajstić information content (AvgIpc) is 2.26. The second kappa shape index (κ2) is 9.57. The average molecular weight is 410 g/mol. The van der Waals surface area contributed by atoms with Crippen LogP contribution in [-0.4, -0.2) is 79.8 Å². The van der Waals surface area contributed by atoms with E-state index in [-0.39, 0.29) is 31.0 Å². The third kappa shape index (κ3) is 4.76. The van der Waals surface area contributed by atoms with E-state index in [0.29, 0.717) is 0 Å². The molecule has 3 unspecified atom stereocenters. The molecule has 0 radical (unpaired) electrons. The van der Waals surface area contributed by atoms with E-state index >= 15 is 0 Å². The number of carboxylic acid groups (broad SMARTS) is 1. The van der Waals surface area contributed by atoms with Crippen LogP contribution in [-0.2, 0) is 32.1 Å². The molecule has 0 aliphatic heterocycles. The van der Waals surface area contributed by atoms with Crippen LogP contribution >= 0.6 is 22.8 Å². The van der Waals surface area contributed by atoms with Crippen molar-refractivity contribution in [3.63, 3.8) is 0 Å². The minimum absolute atomic E-state index is 0. The fourth-order valence-electron chi connectivity index (χ4n) is 1.64. The number of carbonyl (C=O) groups is 1. The van der Waals surface area contributed by atoms with Crippen molar-refractivity contribution in [1.29, 1.82) is 0 Å². The molecule has 11 nitrogen and oxygen atoms in total. The van der Waals surface area contributed by atoms with Crippen LogP contribution < -0.4 is 0 Å². The minimum atomic E-state index is -5.67. The third-order valence-electron chi connectivity index (χ3n) is 2.38. The summed E-state index contributed by atoms with van der Waals surface area (Å²) in [4.78, 5) is 41.1. The van der Waals surface area contributed by atoms with Crippen LogP contribution in [0, 0.1) is 0 Å².